The molecule has 3 aromatic rings. The van der Waals surface area contributed by atoms with Gasteiger partial charge >= 0.3 is 0 Å². The van der Waals surface area contributed by atoms with E-state index in [1.165, 1.54) is 0 Å². The van der Waals surface area contributed by atoms with Gasteiger partial charge in [-0.2, -0.15) is 0 Å². The summed E-state index contributed by atoms with van der Waals surface area (Å²) in [6.45, 7) is 5.88. The fourth-order valence-corrected chi connectivity index (χ4v) is 3.20. The molecule has 8 nitrogen and oxygen atoms in total. The van der Waals surface area contributed by atoms with Crippen molar-refractivity contribution in [1.29, 1.82) is 0 Å². The molecule has 0 aliphatic carbocycles. The number of aromatic nitrogens is 2. The molecule has 0 amide bonds. The predicted octanol–water partition coefficient (Wildman–Crippen LogP) is 3.54. The Kier molecular flexibility index (Phi) is 9.22. The minimum absolute atomic E-state index is 0. The molecule has 0 radical (unpaired) electrons. The minimum Gasteiger partial charge on any atom is -0.493 e. The summed E-state index contributed by atoms with van der Waals surface area (Å²) in [5, 5.41) is 6.61. The smallest absolute Gasteiger partial charge is 0.203 e. The van der Waals surface area contributed by atoms with Gasteiger partial charge in [0, 0.05) is 18.4 Å². The summed E-state index contributed by atoms with van der Waals surface area (Å²) >= 11 is 0. The monoisotopic (exact) mass is 539 g/mol. The first-order chi connectivity index (χ1) is 14.6. The maximum absolute atomic E-state index is 5.42. The highest BCUT2D eigenvalue weighted by molar-refractivity contribution is 14.0. The lowest BCUT2D eigenvalue weighted by atomic mass is 10.2. The van der Waals surface area contributed by atoms with Crippen LogP contribution < -0.4 is 24.8 Å². The van der Waals surface area contributed by atoms with E-state index in [0.29, 0.717) is 36.3 Å². The summed E-state index contributed by atoms with van der Waals surface area (Å²) < 4.78 is 18.3. The van der Waals surface area contributed by atoms with Crippen molar-refractivity contribution in [3.63, 3.8) is 0 Å². The molecule has 0 aliphatic rings. The van der Waals surface area contributed by atoms with Crippen molar-refractivity contribution in [3.8, 4) is 17.2 Å². The van der Waals surface area contributed by atoms with Gasteiger partial charge in [-0.05, 0) is 43.7 Å². The number of nitrogens with one attached hydrogen (secondary N) is 2. The van der Waals surface area contributed by atoms with Gasteiger partial charge in [0.1, 0.15) is 5.65 Å². The number of imidazole rings is 1. The summed E-state index contributed by atoms with van der Waals surface area (Å²) in [5.41, 5.74) is 3.98. The number of benzene rings is 1. The maximum Gasteiger partial charge on any atom is 0.203 e. The van der Waals surface area contributed by atoms with E-state index < -0.39 is 0 Å². The van der Waals surface area contributed by atoms with Gasteiger partial charge < -0.3 is 29.2 Å². The summed E-state index contributed by atoms with van der Waals surface area (Å²) in [7, 11) is 4.80. The molecule has 2 N–H and O–H groups in total. The second-order valence-electron chi connectivity index (χ2n) is 6.71. The summed E-state index contributed by atoms with van der Waals surface area (Å²) in [6.07, 6.45) is 2.04. The lowest BCUT2D eigenvalue weighted by Gasteiger charge is -2.14. The summed E-state index contributed by atoms with van der Waals surface area (Å²) in [6, 6.07) is 9.88. The zero-order valence-electron chi connectivity index (χ0n) is 18.6. The predicted molar refractivity (Wildman–Crippen MR) is 133 cm³/mol. The van der Waals surface area contributed by atoms with Gasteiger partial charge in [0.05, 0.1) is 40.1 Å². The van der Waals surface area contributed by atoms with Crippen LogP contribution in [0.2, 0.25) is 0 Å². The maximum atomic E-state index is 5.42. The third kappa shape index (κ3) is 5.93. The quantitative estimate of drug-likeness (QED) is 0.259. The first-order valence-electron chi connectivity index (χ1n) is 9.84. The Morgan fingerprint density at radius 1 is 1.06 bits per heavy atom. The fraction of sp³-hybridized carbons (Fsp3) is 0.364. The Balaban J connectivity index is 0.00000341. The Hall–Kier alpha value is -2.69. The Labute approximate surface area is 200 Å². The van der Waals surface area contributed by atoms with Crippen molar-refractivity contribution in [3.05, 3.63) is 53.5 Å². The fourth-order valence-electron chi connectivity index (χ4n) is 3.20. The number of halogens is 1. The number of guanidine groups is 1. The number of methoxy groups -OCH3 is 3. The van der Waals surface area contributed by atoms with Gasteiger partial charge in [-0.1, -0.05) is 6.07 Å². The van der Waals surface area contributed by atoms with Crippen molar-refractivity contribution >= 4 is 35.6 Å². The van der Waals surface area contributed by atoms with Gasteiger partial charge in [-0.25, -0.2) is 9.98 Å². The Morgan fingerprint density at radius 2 is 1.77 bits per heavy atom. The zero-order valence-corrected chi connectivity index (χ0v) is 20.9. The van der Waals surface area contributed by atoms with Crippen molar-refractivity contribution < 1.29 is 14.2 Å². The number of rotatable bonds is 8. The number of aryl methyl sites for hydroxylation is 1. The first kappa shape index (κ1) is 24.6. The molecule has 0 spiro atoms. The lowest BCUT2D eigenvalue weighted by molar-refractivity contribution is 0.324. The highest BCUT2D eigenvalue weighted by atomic mass is 127. The molecule has 0 saturated carbocycles. The second kappa shape index (κ2) is 11.6. The molecule has 3 rings (SSSR count). The molecule has 0 fully saturated rings. The Bertz CT molecular complexity index is 1010. The van der Waals surface area contributed by atoms with E-state index in [1.807, 2.05) is 37.4 Å². The van der Waals surface area contributed by atoms with E-state index >= 15 is 0 Å². The van der Waals surface area contributed by atoms with Crippen LogP contribution in [0.3, 0.4) is 0 Å². The molecular weight excluding hydrogens is 509 g/mol. The van der Waals surface area contributed by atoms with Crippen LogP contribution in [0.25, 0.3) is 5.65 Å². The first-order valence-corrected chi connectivity index (χ1v) is 9.84. The molecule has 0 atom stereocenters. The number of aliphatic imine (C=N–C) groups is 1. The number of pyridine rings is 1. The molecule has 168 valence electrons. The molecule has 1 aromatic carbocycles. The van der Waals surface area contributed by atoms with Gasteiger partial charge in [0.25, 0.3) is 0 Å². The van der Waals surface area contributed by atoms with E-state index in [0.717, 1.165) is 29.1 Å². The topological polar surface area (TPSA) is 81.4 Å². The van der Waals surface area contributed by atoms with Crippen LogP contribution in [-0.4, -0.2) is 43.2 Å². The SMILES string of the molecule is CCNC(=NCc1cc(OC)c(OC)c(OC)c1)NCc1cn2c(C)cccc2n1.I. The number of fused-ring (bicyclic) bond motifs is 1. The average molecular weight is 539 g/mol. The average Bonchev–Trinajstić information content (AvgIpc) is 3.19. The molecule has 0 aliphatic heterocycles. The molecule has 2 aromatic heterocycles. The largest absolute Gasteiger partial charge is 0.493 e. The van der Waals surface area contributed by atoms with E-state index in [4.69, 9.17) is 14.2 Å². The molecule has 0 saturated heterocycles. The van der Waals surface area contributed by atoms with Gasteiger partial charge in [-0.15, -0.1) is 24.0 Å². The molecule has 0 bridgehead atoms. The van der Waals surface area contributed by atoms with Crippen LogP contribution in [0, 0.1) is 6.92 Å². The number of nitrogens with zero attached hydrogens (tertiary/aromatic N) is 3. The normalized spacial score (nSPS) is 11.1. The van der Waals surface area contributed by atoms with Crippen LogP contribution >= 0.6 is 24.0 Å². The molecule has 2 heterocycles. The second-order valence-corrected chi connectivity index (χ2v) is 6.71. The van der Waals surface area contributed by atoms with Crippen molar-refractivity contribution in [2.24, 2.45) is 4.99 Å². The number of hydrogen-bond donors (Lipinski definition) is 2. The van der Waals surface area contributed by atoms with Crippen molar-refractivity contribution in [2.45, 2.75) is 26.9 Å². The molecule has 31 heavy (non-hydrogen) atoms. The zero-order chi connectivity index (χ0) is 21.5. The molecule has 0 unspecified atom stereocenters. The van der Waals surface area contributed by atoms with Crippen LogP contribution in [-0.2, 0) is 13.1 Å². The van der Waals surface area contributed by atoms with E-state index in [-0.39, 0.29) is 24.0 Å². The summed E-state index contributed by atoms with van der Waals surface area (Å²) in [4.78, 5) is 9.34. The van der Waals surface area contributed by atoms with Crippen molar-refractivity contribution in [1.82, 2.24) is 20.0 Å². The van der Waals surface area contributed by atoms with E-state index in [1.54, 1.807) is 21.3 Å². The third-order valence-electron chi connectivity index (χ3n) is 4.67. The van der Waals surface area contributed by atoms with Crippen molar-refractivity contribution in [2.75, 3.05) is 27.9 Å². The van der Waals surface area contributed by atoms with E-state index in [9.17, 15) is 0 Å². The number of ether oxygens (including phenoxy) is 3. The highest BCUT2D eigenvalue weighted by Gasteiger charge is 2.13. The van der Waals surface area contributed by atoms with Gasteiger partial charge in [0.2, 0.25) is 5.75 Å². The van der Waals surface area contributed by atoms with Crippen LogP contribution in [0.15, 0.2) is 41.5 Å². The van der Waals surface area contributed by atoms with Crippen LogP contribution in [0.1, 0.15) is 23.9 Å². The molecule has 9 heteroatoms. The number of hydrogen-bond acceptors (Lipinski definition) is 5. The minimum atomic E-state index is 0. The van der Waals surface area contributed by atoms with Crippen LogP contribution in [0.4, 0.5) is 0 Å². The third-order valence-corrected chi connectivity index (χ3v) is 4.67. The van der Waals surface area contributed by atoms with Gasteiger partial charge in [0.15, 0.2) is 17.5 Å². The standard InChI is InChI=1S/C22H29N5O3.HI/c1-6-23-22(25-13-17-14-27-15(2)8-7-9-20(27)26-17)24-12-16-10-18(28-3)21(30-5)19(11-16)29-4;/h7-11,14H,6,12-13H2,1-5H3,(H2,23,24,25);1H. The lowest BCUT2D eigenvalue weighted by Crippen LogP contribution is -2.36. The Morgan fingerprint density at radius 3 is 2.35 bits per heavy atom. The molecular formula is C22H30IN5O3. The van der Waals surface area contributed by atoms with Crippen LogP contribution in [0.5, 0.6) is 17.2 Å². The van der Waals surface area contributed by atoms with Gasteiger partial charge in [-0.3, -0.25) is 0 Å². The highest BCUT2D eigenvalue weighted by Crippen LogP contribution is 2.38. The van der Waals surface area contributed by atoms with E-state index in [2.05, 4.69) is 38.0 Å². The summed E-state index contributed by atoms with van der Waals surface area (Å²) in [5.74, 6) is 2.50.